The molecular formula is C26H26ClN3O4S. The molecule has 0 spiro atoms. The third-order valence-electron chi connectivity index (χ3n) is 7.21. The number of halogens is 1. The average molecular weight is 512 g/mol. The minimum Gasteiger partial charge on any atom is -0.467 e. The van der Waals surface area contributed by atoms with Crippen molar-refractivity contribution in [2.45, 2.75) is 30.7 Å². The molecule has 2 saturated heterocycles. The number of amidine groups is 1. The standard InChI is InChI=1S/C26H26ClN3O4S/c1-3-29-22(31)20-19-14-28-25(35-15-17-9-11-18(27)12-10-17)30(19)26(24(33)34-2,21(20)23(29)32)13-16-7-5-4-6-8-16/h4-12,19-21H,3,13-15H2,1-2H3/t19-,20+,21-,26-/m1/s1. The number of imide groups is 1. The highest BCUT2D eigenvalue weighted by molar-refractivity contribution is 8.13. The van der Waals surface area contributed by atoms with E-state index in [9.17, 15) is 14.4 Å². The summed E-state index contributed by atoms with van der Waals surface area (Å²) in [6.07, 6.45) is 0.245. The van der Waals surface area contributed by atoms with Gasteiger partial charge in [0.25, 0.3) is 0 Å². The van der Waals surface area contributed by atoms with E-state index in [1.165, 1.54) is 23.8 Å². The number of benzene rings is 2. The van der Waals surface area contributed by atoms with Crippen molar-refractivity contribution in [2.24, 2.45) is 16.8 Å². The van der Waals surface area contributed by atoms with Crippen LogP contribution in [0.3, 0.4) is 0 Å². The zero-order valence-electron chi connectivity index (χ0n) is 19.5. The first-order valence-corrected chi connectivity index (χ1v) is 13.0. The van der Waals surface area contributed by atoms with Crippen LogP contribution in [0, 0.1) is 11.8 Å². The second-order valence-corrected chi connectivity index (χ2v) is 10.4. The molecule has 2 fully saturated rings. The van der Waals surface area contributed by atoms with Crippen molar-refractivity contribution in [3.63, 3.8) is 0 Å². The lowest BCUT2D eigenvalue weighted by molar-refractivity contribution is -0.158. The summed E-state index contributed by atoms with van der Waals surface area (Å²) in [6.45, 7) is 2.41. The highest BCUT2D eigenvalue weighted by Gasteiger charge is 2.73. The minimum absolute atomic E-state index is 0.226. The summed E-state index contributed by atoms with van der Waals surface area (Å²) in [5, 5.41) is 1.32. The lowest BCUT2D eigenvalue weighted by Gasteiger charge is -2.40. The highest BCUT2D eigenvalue weighted by Crippen LogP contribution is 2.53. The number of rotatable bonds is 6. The first kappa shape index (κ1) is 23.9. The van der Waals surface area contributed by atoms with Crippen LogP contribution in [-0.4, -0.2) is 64.5 Å². The van der Waals surface area contributed by atoms with E-state index < -0.39 is 23.3 Å². The van der Waals surface area contributed by atoms with E-state index >= 15 is 0 Å². The molecule has 4 atom stereocenters. The summed E-state index contributed by atoms with van der Waals surface area (Å²) in [5.74, 6) is -1.90. The average Bonchev–Trinajstić information content (AvgIpc) is 3.49. The van der Waals surface area contributed by atoms with Gasteiger partial charge in [-0.15, -0.1) is 0 Å². The molecule has 2 aromatic rings. The number of esters is 1. The van der Waals surface area contributed by atoms with Crippen LogP contribution in [0.2, 0.25) is 5.02 Å². The molecule has 2 amide bonds. The molecular weight excluding hydrogens is 486 g/mol. The van der Waals surface area contributed by atoms with Crippen molar-refractivity contribution in [3.8, 4) is 0 Å². The summed E-state index contributed by atoms with van der Waals surface area (Å²) < 4.78 is 5.36. The van der Waals surface area contributed by atoms with E-state index in [4.69, 9.17) is 21.3 Å². The Balaban J connectivity index is 1.57. The molecule has 0 bridgehead atoms. The van der Waals surface area contributed by atoms with Gasteiger partial charge in [0.05, 0.1) is 31.5 Å². The number of fused-ring (bicyclic) bond motifs is 3. The van der Waals surface area contributed by atoms with Gasteiger partial charge in [0.15, 0.2) is 10.7 Å². The van der Waals surface area contributed by atoms with Crippen molar-refractivity contribution < 1.29 is 19.1 Å². The number of nitrogens with zero attached hydrogens (tertiary/aromatic N) is 3. The quantitative estimate of drug-likeness (QED) is 0.437. The second kappa shape index (κ2) is 9.32. The van der Waals surface area contributed by atoms with E-state index in [2.05, 4.69) is 0 Å². The van der Waals surface area contributed by atoms with Crippen LogP contribution in [0.5, 0.6) is 0 Å². The van der Waals surface area contributed by atoms with Crippen molar-refractivity contribution in [2.75, 3.05) is 20.2 Å². The van der Waals surface area contributed by atoms with E-state index in [-0.39, 0.29) is 30.8 Å². The molecule has 0 aromatic heterocycles. The molecule has 2 aromatic carbocycles. The van der Waals surface area contributed by atoms with Crippen LogP contribution in [0.25, 0.3) is 0 Å². The van der Waals surface area contributed by atoms with Gasteiger partial charge in [-0.1, -0.05) is 65.8 Å². The van der Waals surface area contributed by atoms with Crippen LogP contribution >= 0.6 is 23.4 Å². The van der Waals surface area contributed by atoms with Gasteiger partial charge in [0, 0.05) is 23.7 Å². The third-order valence-corrected chi connectivity index (χ3v) is 8.52. The first-order chi connectivity index (χ1) is 16.9. The Morgan fingerprint density at radius 3 is 2.49 bits per heavy atom. The number of carbonyl (C=O) groups is 3. The topological polar surface area (TPSA) is 79.3 Å². The van der Waals surface area contributed by atoms with Crippen molar-refractivity contribution >= 4 is 46.3 Å². The lowest BCUT2D eigenvalue weighted by Crippen LogP contribution is -2.61. The Morgan fingerprint density at radius 2 is 1.83 bits per heavy atom. The maximum atomic E-state index is 13.7. The van der Waals surface area contributed by atoms with E-state index in [0.717, 1.165) is 11.1 Å². The third kappa shape index (κ3) is 3.74. The largest absolute Gasteiger partial charge is 0.467 e. The Kier molecular flexibility index (Phi) is 6.36. The molecule has 0 saturated carbocycles. The molecule has 0 N–H and O–H groups in total. The maximum Gasteiger partial charge on any atom is 0.333 e. The van der Waals surface area contributed by atoms with Crippen molar-refractivity contribution in [3.05, 3.63) is 70.7 Å². The Bertz CT molecular complexity index is 1190. The smallest absolute Gasteiger partial charge is 0.333 e. The molecule has 3 aliphatic rings. The number of carbonyl (C=O) groups excluding carboxylic acids is 3. The number of ether oxygens (including phenoxy) is 1. The lowest BCUT2D eigenvalue weighted by atomic mass is 9.76. The van der Waals surface area contributed by atoms with Crippen LogP contribution < -0.4 is 0 Å². The summed E-state index contributed by atoms with van der Waals surface area (Å²) >= 11 is 7.52. The molecule has 9 heteroatoms. The molecule has 35 heavy (non-hydrogen) atoms. The molecule has 3 heterocycles. The highest BCUT2D eigenvalue weighted by atomic mass is 35.5. The Morgan fingerprint density at radius 1 is 1.11 bits per heavy atom. The van der Waals surface area contributed by atoms with Gasteiger partial charge in [-0.2, -0.15) is 0 Å². The van der Waals surface area contributed by atoms with Gasteiger partial charge in [0.1, 0.15) is 0 Å². The number of thioether (sulfide) groups is 1. The van der Waals surface area contributed by atoms with Gasteiger partial charge >= 0.3 is 5.97 Å². The number of hydrogen-bond acceptors (Lipinski definition) is 7. The summed E-state index contributed by atoms with van der Waals surface area (Å²) in [7, 11) is 1.34. The van der Waals surface area contributed by atoms with Gasteiger partial charge in [-0.3, -0.25) is 19.5 Å². The SMILES string of the molecule is CCN1C(=O)[C@H]2[C@H]3CN=C(SCc4ccc(Cl)cc4)N3[C@@](Cc3ccccc3)(C(=O)OC)[C@H]2C1=O. The van der Waals surface area contributed by atoms with Gasteiger partial charge in [-0.05, 0) is 30.2 Å². The fourth-order valence-electron chi connectivity index (χ4n) is 5.73. The fraction of sp³-hybridized carbons (Fsp3) is 0.385. The minimum atomic E-state index is -1.36. The normalized spacial score (nSPS) is 27.2. The van der Waals surface area contributed by atoms with Crippen molar-refractivity contribution in [1.29, 1.82) is 0 Å². The second-order valence-electron chi connectivity index (χ2n) is 8.98. The fourth-order valence-corrected chi connectivity index (χ4v) is 6.95. The summed E-state index contributed by atoms with van der Waals surface area (Å²) in [4.78, 5) is 48.7. The van der Waals surface area contributed by atoms with E-state index in [1.807, 2.05) is 59.5 Å². The number of amides is 2. The van der Waals surface area contributed by atoms with Crippen LogP contribution in [0.4, 0.5) is 0 Å². The van der Waals surface area contributed by atoms with E-state index in [1.54, 1.807) is 6.92 Å². The first-order valence-electron chi connectivity index (χ1n) is 11.6. The predicted molar refractivity (Wildman–Crippen MR) is 135 cm³/mol. The van der Waals surface area contributed by atoms with Crippen LogP contribution in [-0.2, 0) is 31.3 Å². The number of hydrogen-bond donors (Lipinski definition) is 0. The molecule has 7 nitrogen and oxygen atoms in total. The number of aliphatic imine (C=N–C) groups is 1. The molecule has 3 aliphatic heterocycles. The predicted octanol–water partition coefficient (Wildman–Crippen LogP) is 3.40. The van der Waals surface area contributed by atoms with Gasteiger partial charge in [-0.25, -0.2) is 4.79 Å². The zero-order chi connectivity index (χ0) is 24.7. The Labute approximate surface area is 213 Å². The monoisotopic (exact) mass is 511 g/mol. The molecule has 5 rings (SSSR count). The van der Waals surface area contributed by atoms with Gasteiger partial charge in [0.2, 0.25) is 11.8 Å². The number of likely N-dealkylation sites (tertiary alicyclic amines) is 1. The molecule has 0 aliphatic carbocycles. The van der Waals surface area contributed by atoms with Crippen molar-refractivity contribution in [1.82, 2.24) is 9.80 Å². The van der Waals surface area contributed by atoms with Gasteiger partial charge < -0.3 is 9.64 Å². The molecule has 0 radical (unpaired) electrons. The maximum absolute atomic E-state index is 13.7. The molecule has 182 valence electrons. The molecule has 0 unspecified atom stereocenters. The van der Waals surface area contributed by atoms with Crippen LogP contribution in [0.15, 0.2) is 59.6 Å². The zero-order valence-corrected chi connectivity index (χ0v) is 21.1. The van der Waals surface area contributed by atoms with E-state index in [0.29, 0.717) is 22.5 Å². The summed E-state index contributed by atoms with van der Waals surface area (Å²) in [5.41, 5.74) is 0.590. The summed E-state index contributed by atoms with van der Waals surface area (Å²) in [6, 6.07) is 16.8. The van der Waals surface area contributed by atoms with Crippen LogP contribution in [0.1, 0.15) is 18.1 Å². The number of methoxy groups -OCH3 is 1. The Hall–Kier alpha value is -2.84.